The van der Waals surface area contributed by atoms with Crippen LogP contribution < -0.4 is 5.32 Å². The highest BCUT2D eigenvalue weighted by Gasteiger charge is 2.13. The van der Waals surface area contributed by atoms with Gasteiger partial charge in [0.2, 0.25) is 0 Å². The average Bonchev–Trinajstić information content (AvgIpc) is 2.19. The van der Waals surface area contributed by atoms with Gasteiger partial charge in [-0.2, -0.15) is 0 Å². The fraction of sp³-hybridized carbons (Fsp3) is 0.833. The van der Waals surface area contributed by atoms with Crippen molar-refractivity contribution in [1.29, 1.82) is 0 Å². The topological polar surface area (TPSA) is 15.3 Å². The van der Waals surface area contributed by atoms with Gasteiger partial charge in [-0.15, -0.1) is 0 Å². The smallest absolute Gasteiger partial charge is 0.0168 e. The molecule has 1 N–H and O–H groups in total. The van der Waals surface area contributed by atoms with E-state index in [1.54, 1.807) is 5.57 Å². The van der Waals surface area contributed by atoms with E-state index < -0.39 is 0 Å². The summed E-state index contributed by atoms with van der Waals surface area (Å²) in [4.78, 5) is 2.53. The number of nitrogens with zero attached hydrogens (tertiary/aromatic N) is 1. The lowest BCUT2D eigenvalue weighted by atomic mass is 10.0. The molecule has 82 valence electrons. The lowest BCUT2D eigenvalue weighted by molar-refractivity contribution is 0.237. The van der Waals surface area contributed by atoms with Gasteiger partial charge in [-0.1, -0.05) is 11.6 Å². The molecule has 0 spiro atoms. The summed E-state index contributed by atoms with van der Waals surface area (Å²) in [6.45, 7) is 8.11. The molecule has 2 heteroatoms. The molecule has 0 radical (unpaired) electrons. The molecule has 0 aromatic heterocycles. The lowest BCUT2D eigenvalue weighted by Gasteiger charge is -2.29. The first-order valence-electron chi connectivity index (χ1n) is 5.80. The van der Waals surface area contributed by atoms with Gasteiger partial charge >= 0.3 is 0 Å². The van der Waals surface area contributed by atoms with Crippen LogP contribution in [0.3, 0.4) is 0 Å². The molecule has 0 aliphatic carbocycles. The second-order valence-electron chi connectivity index (χ2n) is 4.41. The molecule has 0 unspecified atom stereocenters. The fourth-order valence-electron chi connectivity index (χ4n) is 1.92. The van der Waals surface area contributed by atoms with Crippen molar-refractivity contribution >= 4 is 0 Å². The maximum absolute atomic E-state index is 3.20. The van der Waals surface area contributed by atoms with Crippen LogP contribution in [0, 0.1) is 0 Å². The monoisotopic (exact) mass is 196 g/mol. The van der Waals surface area contributed by atoms with Gasteiger partial charge in [0.1, 0.15) is 0 Å². The van der Waals surface area contributed by atoms with Crippen molar-refractivity contribution in [2.45, 2.75) is 39.2 Å². The Labute approximate surface area is 88.4 Å². The Morgan fingerprint density at radius 2 is 2.29 bits per heavy atom. The highest BCUT2D eigenvalue weighted by Crippen LogP contribution is 2.16. The Balaban J connectivity index is 2.23. The van der Waals surface area contributed by atoms with E-state index in [0.29, 0.717) is 6.04 Å². The molecule has 0 aromatic carbocycles. The molecule has 0 aromatic rings. The first-order chi connectivity index (χ1) is 6.74. The lowest BCUT2D eigenvalue weighted by Crippen LogP contribution is -2.34. The molecule has 1 aliphatic heterocycles. The van der Waals surface area contributed by atoms with Crippen LogP contribution in [-0.4, -0.2) is 37.6 Å². The summed E-state index contributed by atoms with van der Waals surface area (Å²) < 4.78 is 0. The van der Waals surface area contributed by atoms with Crippen LogP contribution in [0.15, 0.2) is 11.6 Å². The Morgan fingerprint density at radius 3 is 2.79 bits per heavy atom. The first-order valence-corrected chi connectivity index (χ1v) is 5.80. The minimum atomic E-state index is 0.699. The Kier molecular flexibility index (Phi) is 5.20. The second kappa shape index (κ2) is 6.20. The van der Waals surface area contributed by atoms with Gasteiger partial charge in [0.05, 0.1) is 0 Å². The van der Waals surface area contributed by atoms with E-state index >= 15 is 0 Å². The van der Waals surface area contributed by atoms with E-state index in [9.17, 15) is 0 Å². The SMILES string of the molecule is CNCCCC1=CCN(C(C)C)CC1. The highest BCUT2D eigenvalue weighted by atomic mass is 15.1. The molecule has 0 saturated heterocycles. The van der Waals surface area contributed by atoms with Crippen molar-refractivity contribution in [2.24, 2.45) is 0 Å². The summed E-state index contributed by atoms with van der Waals surface area (Å²) in [5.41, 5.74) is 1.66. The molecule has 1 rings (SSSR count). The molecule has 0 saturated carbocycles. The minimum absolute atomic E-state index is 0.699. The third-order valence-corrected chi connectivity index (χ3v) is 2.99. The summed E-state index contributed by atoms with van der Waals surface area (Å²) in [6.07, 6.45) is 6.28. The number of nitrogens with one attached hydrogen (secondary N) is 1. The van der Waals surface area contributed by atoms with Gasteiger partial charge in [0, 0.05) is 19.1 Å². The Morgan fingerprint density at radius 1 is 1.50 bits per heavy atom. The van der Waals surface area contributed by atoms with Gasteiger partial charge in [-0.3, -0.25) is 4.90 Å². The van der Waals surface area contributed by atoms with Crippen LogP contribution >= 0.6 is 0 Å². The normalized spacial score (nSPS) is 18.7. The van der Waals surface area contributed by atoms with Gasteiger partial charge in [0.25, 0.3) is 0 Å². The van der Waals surface area contributed by atoms with Crippen molar-refractivity contribution in [2.75, 3.05) is 26.7 Å². The van der Waals surface area contributed by atoms with E-state index in [2.05, 4.69) is 30.1 Å². The van der Waals surface area contributed by atoms with E-state index in [1.165, 1.54) is 25.8 Å². The Bertz CT molecular complexity index is 185. The number of rotatable bonds is 5. The zero-order valence-corrected chi connectivity index (χ0v) is 9.84. The van der Waals surface area contributed by atoms with Crippen LogP contribution in [-0.2, 0) is 0 Å². The molecule has 0 fully saturated rings. The highest BCUT2D eigenvalue weighted by molar-refractivity contribution is 5.07. The summed E-state index contributed by atoms with van der Waals surface area (Å²) in [5, 5.41) is 3.20. The molecule has 1 aliphatic rings. The maximum Gasteiger partial charge on any atom is 0.0168 e. The molecule has 2 nitrogen and oxygen atoms in total. The van der Waals surface area contributed by atoms with E-state index in [-0.39, 0.29) is 0 Å². The molecular weight excluding hydrogens is 172 g/mol. The zero-order chi connectivity index (χ0) is 10.4. The summed E-state index contributed by atoms with van der Waals surface area (Å²) in [5.74, 6) is 0. The zero-order valence-electron chi connectivity index (χ0n) is 9.84. The van der Waals surface area contributed by atoms with Gasteiger partial charge < -0.3 is 5.32 Å². The quantitative estimate of drug-likeness (QED) is 0.534. The van der Waals surface area contributed by atoms with Gasteiger partial charge in [0.15, 0.2) is 0 Å². The second-order valence-corrected chi connectivity index (χ2v) is 4.41. The molecule has 0 bridgehead atoms. The van der Waals surface area contributed by atoms with Crippen LogP contribution in [0.4, 0.5) is 0 Å². The molecule has 14 heavy (non-hydrogen) atoms. The molecular formula is C12H24N2. The van der Waals surface area contributed by atoms with Crippen LogP contribution in [0.25, 0.3) is 0 Å². The van der Waals surface area contributed by atoms with E-state index in [4.69, 9.17) is 0 Å². The largest absolute Gasteiger partial charge is 0.320 e. The minimum Gasteiger partial charge on any atom is -0.320 e. The molecule has 1 heterocycles. The fourth-order valence-corrected chi connectivity index (χ4v) is 1.92. The van der Waals surface area contributed by atoms with Crippen LogP contribution in [0.1, 0.15) is 33.1 Å². The predicted molar refractivity (Wildman–Crippen MR) is 62.6 cm³/mol. The number of hydrogen-bond donors (Lipinski definition) is 1. The predicted octanol–water partition coefficient (Wildman–Crippen LogP) is 2.03. The Hall–Kier alpha value is -0.340. The van der Waals surface area contributed by atoms with Crippen LogP contribution in [0.5, 0.6) is 0 Å². The number of hydrogen-bond acceptors (Lipinski definition) is 2. The van der Waals surface area contributed by atoms with Gasteiger partial charge in [-0.25, -0.2) is 0 Å². The summed E-state index contributed by atoms with van der Waals surface area (Å²) in [7, 11) is 2.02. The summed E-state index contributed by atoms with van der Waals surface area (Å²) >= 11 is 0. The van der Waals surface area contributed by atoms with Crippen molar-refractivity contribution in [1.82, 2.24) is 10.2 Å². The van der Waals surface area contributed by atoms with E-state index in [1.807, 2.05) is 7.05 Å². The molecule has 0 amide bonds. The summed E-state index contributed by atoms with van der Waals surface area (Å²) in [6, 6.07) is 0.699. The molecule has 0 atom stereocenters. The third-order valence-electron chi connectivity index (χ3n) is 2.99. The van der Waals surface area contributed by atoms with Crippen molar-refractivity contribution < 1.29 is 0 Å². The van der Waals surface area contributed by atoms with Crippen molar-refractivity contribution in [3.8, 4) is 0 Å². The standard InChI is InChI=1S/C12H24N2/c1-11(2)14-9-6-12(7-10-14)5-4-8-13-3/h6,11,13H,4-5,7-10H2,1-3H3. The van der Waals surface area contributed by atoms with Crippen molar-refractivity contribution in [3.63, 3.8) is 0 Å². The van der Waals surface area contributed by atoms with E-state index in [0.717, 1.165) is 13.1 Å². The third kappa shape index (κ3) is 3.81. The first kappa shape index (κ1) is 11.7. The van der Waals surface area contributed by atoms with Crippen molar-refractivity contribution in [3.05, 3.63) is 11.6 Å². The maximum atomic E-state index is 3.20. The van der Waals surface area contributed by atoms with Crippen LogP contribution in [0.2, 0.25) is 0 Å². The van der Waals surface area contributed by atoms with Gasteiger partial charge in [-0.05, 0) is 46.7 Å². The average molecular weight is 196 g/mol.